The van der Waals surface area contributed by atoms with Crippen LogP contribution in [0, 0.1) is 11.8 Å². The Balaban J connectivity index is 1.42. The number of hydrogen-bond donors (Lipinski definition) is 0. The van der Waals surface area contributed by atoms with E-state index in [0.29, 0.717) is 0 Å². The summed E-state index contributed by atoms with van der Waals surface area (Å²) in [6.45, 7) is 4.61. The molecular weight excluding hydrogens is 374 g/mol. The lowest BCUT2D eigenvalue weighted by Crippen LogP contribution is -2.16. The third kappa shape index (κ3) is 8.43. The van der Waals surface area contributed by atoms with Gasteiger partial charge in [-0.2, -0.15) is 0 Å². The van der Waals surface area contributed by atoms with Crippen LogP contribution in [0.5, 0.6) is 0 Å². The maximum atomic E-state index is 4.75. The molecule has 2 unspecified atom stereocenters. The third-order valence-electron chi connectivity index (χ3n) is 7.32. The fourth-order valence-electron chi connectivity index (χ4n) is 5.40. The predicted octanol–water partition coefficient (Wildman–Crippen LogP) is 9.19. The van der Waals surface area contributed by atoms with Crippen molar-refractivity contribution in [3.05, 3.63) is 53.7 Å². The van der Waals surface area contributed by atoms with Crippen molar-refractivity contribution in [2.45, 2.75) is 110 Å². The molecule has 0 saturated heterocycles. The van der Waals surface area contributed by atoms with Crippen molar-refractivity contribution < 1.29 is 0 Å². The number of unbranched alkanes of at least 4 members (excludes halogenated alkanes) is 5. The smallest absolute Gasteiger partial charge is 0.0702 e. The lowest BCUT2D eigenvalue weighted by molar-refractivity contribution is 0.243. The molecule has 3 rings (SSSR count). The average molecular weight is 420 g/mol. The maximum absolute atomic E-state index is 4.75. The molecule has 0 aliphatic heterocycles. The summed E-state index contributed by atoms with van der Waals surface area (Å²) in [5.74, 6) is 1.95. The van der Waals surface area contributed by atoms with Crippen molar-refractivity contribution in [1.29, 1.82) is 0 Å². The Bertz CT molecular complexity index is 713. The van der Waals surface area contributed by atoms with Crippen LogP contribution >= 0.6 is 0 Å². The molecule has 1 heterocycles. The van der Waals surface area contributed by atoms with E-state index < -0.39 is 0 Å². The van der Waals surface area contributed by atoms with Crippen molar-refractivity contribution in [2.75, 3.05) is 0 Å². The van der Waals surface area contributed by atoms with Crippen molar-refractivity contribution in [2.24, 2.45) is 11.8 Å². The first-order chi connectivity index (χ1) is 15.3. The summed E-state index contributed by atoms with van der Waals surface area (Å²) in [4.78, 5) is 4.75. The number of nitrogens with zero attached hydrogens (tertiary/aromatic N) is 1. The van der Waals surface area contributed by atoms with Gasteiger partial charge in [-0.1, -0.05) is 108 Å². The normalized spacial score (nSPS) is 18.9. The topological polar surface area (TPSA) is 12.9 Å². The van der Waals surface area contributed by atoms with Gasteiger partial charge in [0.1, 0.15) is 0 Å². The standard InChI is InChI=1S/C30H45N/c1-3-5-6-7-8-9-12-28-19-22-30(31-24-28)29-20-17-25(18-21-29)15-16-27-14-10-13-26(23-27)11-4-2/h17-22,24,26-27H,3-16,23H2,1-2H3. The second-order valence-corrected chi connectivity index (χ2v) is 9.99. The molecule has 1 aromatic carbocycles. The zero-order chi connectivity index (χ0) is 21.7. The van der Waals surface area contributed by atoms with Gasteiger partial charge in [0.05, 0.1) is 5.69 Å². The van der Waals surface area contributed by atoms with E-state index in [1.54, 1.807) is 0 Å². The van der Waals surface area contributed by atoms with Crippen LogP contribution in [0.25, 0.3) is 11.3 Å². The minimum absolute atomic E-state index is 0.950. The molecule has 31 heavy (non-hydrogen) atoms. The maximum Gasteiger partial charge on any atom is 0.0702 e. The molecule has 0 spiro atoms. The van der Waals surface area contributed by atoms with E-state index in [2.05, 4.69) is 56.4 Å². The first-order valence-corrected chi connectivity index (χ1v) is 13.3. The highest BCUT2D eigenvalue weighted by atomic mass is 14.7. The van der Waals surface area contributed by atoms with Crippen LogP contribution in [-0.4, -0.2) is 4.98 Å². The Morgan fingerprint density at radius 3 is 2.13 bits per heavy atom. The van der Waals surface area contributed by atoms with Crippen LogP contribution < -0.4 is 0 Å². The predicted molar refractivity (Wildman–Crippen MR) is 135 cm³/mol. The van der Waals surface area contributed by atoms with Crippen LogP contribution in [0.15, 0.2) is 42.6 Å². The average Bonchev–Trinajstić information content (AvgIpc) is 2.81. The van der Waals surface area contributed by atoms with Crippen LogP contribution in [0.4, 0.5) is 0 Å². The number of hydrogen-bond acceptors (Lipinski definition) is 1. The second kappa shape index (κ2) is 13.7. The lowest BCUT2D eigenvalue weighted by Gasteiger charge is -2.29. The molecule has 1 aromatic heterocycles. The molecule has 1 saturated carbocycles. The summed E-state index contributed by atoms with van der Waals surface area (Å²) in [5, 5.41) is 0. The van der Waals surface area contributed by atoms with E-state index in [9.17, 15) is 0 Å². The van der Waals surface area contributed by atoms with E-state index in [0.717, 1.165) is 17.5 Å². The molecule has 1 nitrogen and oxygen atoms in total. The van der Waals surface area contributed by atoms with Crippen molar-refractivity contribution in [3.63, 3.8) is 0 Å². The molecule has 2 aromatic rings. The van der Waals surface area contributed by atoms with Crippen LogP contribution in [0.1, 0.15) is 108 Å². The molecule has 0 amide bonds. The van der Waals surface area contributed by atoms with Crippen LogP contribution in [0.3, 0.4) is 0 Å². The highest BCUT2D eigenvalue weighted by Crippen LogP contribution is 2.34. The Labute approximate surface area is 192 Å². The highest BCUT2D eigenvalue weighted by Gasteiger charge is 2.21. The monoisotopic (exact) mass is 419 g/mol. The zero-order valence-electron chi connectivity index (χ0n) is 20.2. The van der Waals surface area contributed by atoms with E-state index in [1.807, 2.05) is 0 Å². The van der Waals surface area contributed by atoms with Crippen molar-refractivity contribution in [1.82, 2.24) is 4.98 Å². The fourth-order valence-corrected chi connectivity index (χ4v) is 5.40. The van der Waals surface area contributed by atoms with Gasteiger partial charge in [0.2, 0.25) is 0 Å². The van der Waals surface area contributed by atoms with E-state index >= 15 is 0 Å². The minimum Gasteiger partial charge on any atom is -0.256 e. The van der Waals surface area contributed by atoms with Gasteiger partial charge in [0.15, 0.2) is 0 Å². The zero-order valence-corrected chi connectivity index (χ0v) is 20.2. The number of aryl methyl sites for hydroxylation is 2. The Morgan fingerprint density at radius 2 is 1.42 bits per heavy atom. The molecule has 1 aliphatic rings. The van der Waals surface area contributed by atoms with E-state index in [1.165, 1.54) is 113 Å². The molecule has 1 fully saturated rings. The summed E-state index contributed by atoms with van der Waals surface area (Å²) < 4.78 is 0. The number of benzene rings is 1. The minimum atomic E-state index is 0.950. The number of pyridine rings is 1. The molecular formula is C30H45N. The van der Waals surface area contributed by atoms with Gasteiger partial charge in [-0.05, 0) is 61.1 Å². The van der Waals surface area contributed by atoms with Gasteiger partial charge in [0.25, 0.3) is 0 Å². The van der Waals surface area contributed by atoms with Gasteiger partial charge in [-0.15, -0.1) is 0 Å². The molecule has 0 N–H and O–H groups in total. The third-order valence-corrected chi connectivity index (χ3v) is 7.32. The number of aromatic nitrogens is 1. The Kier molecular flexibility index (Phi) is 10.6. The van der Waals surface area contributed by atoms with Gasteiger partial charge >= 0.3 is 0 Å². The fraction of sp³-hybridized carbons (Fsp3) is 0.633. The lowest BCUT2D eigenvalue weighted by atomic mass is 9.77. The summed E-state index contributed by atoms with van der Waals surface area (Å²) >= 11 is 0. The van der Waals surface area contributed by atoms with Crippen LogP contribution in [-0.2, 0) is 12.8 Å². The van der Waals surface area contributed by atoms with Gasteiger partial charge in [-0.25, -0.2) is 0 Å². The van der Waals surface area contributed by atoms with Crippen molar-refractivity contribution in [3.8, 4) is 11.3 Å². The summed E-state index contributed by atoms with van der Waals surface area (Å²) in [6, 6.07) is 13.7. The first kappa shape index (κ1) is 24.0. The Morgan fingerprint density at radius 1 is 0.710 bits per heavy atom. The molecule has 1 heteroatoms. The molecule has 0 bridgehead atoms. The second-order valence-electron chi connectivity index (χ2n) is 9.99. The molecule has 170 valence electrons. The van der Waals surface area contributed by atoms with Gasteiger partial charge in [0, 0.05) is 11.8 Å². The molecule has 2 atom stereocenters. The van der Waals surface area contributed by atoms with Crippen LogP contribution in [0.2, 0.25) is 0 Å². The quantitative estimate of drug-likeness (QED) is 0.295. The summed E-state index contributed by atoms with van der Waals surface area (Å²) in [6.07, 6.45) is 22.6. The SMILES string of the molecule is CCCCCCCCc1ccc(-c2ccc(CCC3CCCC(CCC)C3)cc2)nc1. The van der Waals surface area contributed by atoms with Crippen molar-refractivity contribution >= 4 is 0 Å². The molecule has 0 radical (unpaired) electrons. The number of rotatable bonds is 13. The summed E-state index contributed by atoms with van der Waals surface area (Å²) in [7, 11) is 0. The van der Waals surface area contributed by atoms with Gasteiger partial charge < -0.3 is 0 Å². The Hall–Kier alpha value is -1.63. The highest BCUT2D eigenvalue weighted by molar-refractivity contribution is 5.59. The van der Waals surface area contributed by atoms with Gasteiger partial charge in [-0.3, -0.25) is 4.98 Å². The largest absolute Gasteiger partial charge is 0.256 e. The van der Waals surface area contributed by atoms with E-state index in [4.69, 9.17) is 4.98 Å². The van der Waals surface area contributed by atoms with E-state index in [-0.39, 0.29) is 0 Å². The molecule has 1 aliphatic carbocycles. The first-order valence-electron chi connectivity index (χ1n) is 13.3. The summed E-state index contributed by atoms with van der Waals surface area (Å²) in [5.41, 5.74) is 5.22.